The van der Waals surface area contributed by atoms with Gasteiger partial charge in [-0.1, -0.05) is 0 Å². The fourth-order valence-electron chi connectivity index (χ4n) is 1.74. The number of ether oxygens (including phenoxy) is 1. The maximum atomic E-state index is 12.2. The van der Waals surface area contributed by atoms with Gasteiger partial charge in [0.2, 0.25) is 5.91 Å². The number of carbonyl (C=O) groups excluding carboxylic acids is 1. The Hall–Kier alpha value is 0.150. The number of methoxy groups -OCH3 is 1. The van der Waals surface area contributed by atoms with Gasteiger partial charge >= 0.3 is 5.97 Å². The molecule has 0 aromatic heterocycles. The number of aliphatic carboxylic acids is 1. The zero-order valence-electron chi connectivity index (χ0n) is 11.5. The molecule has 0 saturated heterocycles. The summed E-state index contributed by atoms with van der Waals surface area (Å²) in [6, 6.07) is 1.96. The first-order valence-electron chi connectivity index (χ1n) is 5.99. The molecule has 0 atom stereocenters. The van der Waals surface area contributed by atoms with E-state index in [9.17, 15) is 9.59 Å². The molecular weight excluding hydrogens is 615 g/mol. The Morgan fingerprint density at radius 2 is 1.86 bits per heavy atom. The smallest absolute Gasteiger partial charge is 0.303 e. The number of halogens is 3. The van der Waals surface area contributed by atoms with Crippen LogP contribution in [0.1, 0.15) is 19.3 Å². The zero-order chi connectivity index (χ0) is 16.2. The molecule has 0 spiro atoms. The van der Waals surface area contributed by atoms with Crippen molar-refractivity contribution in [3.63, 3.8) is 0 Å². The van der Waals surface area contributed by atoms with Crippen LogP contribution in [0.25, 0.3) is 0 Å². The standard InChI is InChI=1S/C13H14I3NO4/c1-17(9(18)4-3-5-10(19)20)12-7(14)6-8(15)13(21-2)11(12)16/h6H,3-5H2,1-2H3,(H,19,20). The van der Waals surface area contributed by atoms with E-state index in [-0.39, 0.29) is 18.7 Å². The molecular formula is C13H14I3NO4. The Balaban J connectivity index is 2.99. The topological polar surface area (TPSA) is 66.8 Å². The normalized spacial score (nSPS) is 10.3. The van der Waals surface area contributed by atoms with E-state index in [0.29, 0.717) is 6.42 Å². The summed E-state index contributed by atoms with van der Waals surface area (Å²) in [4.78, 5) is 24.3. The highest BCUT2D eigenvalue weighted by Crippen LogP contribution is 2.38. The van der Waals surface area contributed by atoms with Gasteiger partial charge in [-0.2, -0.15) is 0 Å². The van der Waals surface area contributed by atoms with E-state index < -0.39 is 5.97 Å². The van der Waals surface area contributed by atoms with Crippen molar-refractivity contribution in [1.82, 2.24) is 0 Å². The Morgan fingerprint density at radius 3 is 2.38 bits per heavy atom. The lowest BCUT2D eigenvalue weighted by Crippen LogP contribution is -2.28. The average molecular weight is 629 g/mol. The second-order valence-electron chi connectivity index (χ2n) is 4.24. The van der Waals surface area contributed by atoms with Crippen LogP contribution in [-0.4, -0.2) is 31.1 Å². The third kappa shape index (κ3) is 5.08. The molecule has 0 radical (unpaired) electrons. The van der Waals surface area contributed by atoms with E-state index in [1.165, 1.54) is 0 Å². The summed E-state index contributed by atoms with van der Waals surface area (Å²) in [7, 11) is 3.31. The van der Waals surface area contributed by atoms with Gasteiger partial charge in [-0.3, -0.25) is 9.59 Å². The van der Waals surface area contributed by atoms with Crippen molar-refractivity contribution in [3.05, 3.63) is 16.8 Å². The molecule has 1 N–H and O–H groups in total. The quantitative estimate of drug-likeness (QED) is 0.488. The summed E-state index contributed by atoms with van der Waals surface area (Å²) < 4.78 is 8.20. The van der Waals surface area contributed by atoms with Crippen LogP contribution in [0.3, 0.4) is 0 Å². The molecule has 0 heterocycles. The van der Waals surface area contributed by atoms with Crippen LogP contribution < -0.4 is 9.64 Å². The highest BCUT2D eigenvalue weighted by molar-refractivity contribution is 14.1. The van der Waals surface area contributed by atoms with Gasteiger partial charge in [0.05, 0.1) is 19.9 Å². The number of hydrogen-bond acceptors (Lipinski definition) is 3. The van der Waals surface area contributed by atoms with Crippen LogP contribution in [0.4, 0.5) is 5.69 Å². The number of amides is 1. The molecule has 0 unspecified atom stereocenters. The molecule has 1 rings (SSSR count). The van der Waals surface area contributed by atoms with E-state index >= 15 is 0 Å². The van der Waals surface area contributed by atoms with Crippen LogP contribution in [0.15, 0.2) is 6.07 Å². The molecule has 0 aliphatic carbocycles. The molecule has 0 fully saturated rings. The van der Waals surface area contributed by atoms with E-state index in [2.05, 4.69) is 67.8 Å². The number of hydrogen-bond donors (Lipinski definition) is 1. The van der Waals surface area contributed by atoms with Gasteiger partial charge < -0.3 is 14.7 Å². The van der Waals surface area contributed by atoms with Crippen LogP contribution in [0.5, 0.6) is 5.75 Å². The van der Waals surface area contributed by atoms with Crippen LogP contribution in [0.2, 0.25) is 0 Å². The van der Waals surface area contributed by atoms with Crippen molar-refractivity contribution < 1.29 is 19.4 Å². The summed E-state index contributed by atoms with van der Waals surface area (Å²) in [5.41, 5.74) is 0.800. The molecule has 1 aromatic rings. The average Bonchev–Trinajstić information content (AvgIpc) is 2.37. The highest BCUT2D eigenvalue weighted by Gasteiger charge is 2.21. The number of benzene rings is 1. The van der Waals surface area contributed by atoms with Crippen LogP contribution in [0, 0.1) is 10.7 Å². The lowest BCUT2D eigenvalue weighted by atomic mass is 10.2. The van der Waals surface area contributed by atoms with Crippen molar-refractivity contribution in [3.8, 4) is 5.75 Å². The second kappa shape index (κ2) is 8.70. The first-order chi connectivity index (χ1) is 9.79. The Labute approximate surface area is 164 Å². The SMILES string of the molecule is COc1c(I)cc(I)c(N(C)C(=O)CCCC(=O)O)c1I. The molecule has 0 saturated carbocycles. The predicted octanol–water partition coefficient (Wildman–Crippen LogP) is 3.73. The van der Waals surface area contributed by atoms with Crippen molar-refractivity contribution in [2.45, 2.75) is 19.3 Å². The van der Waals surface area contributed by atoms with Gasteiger partial charge in [0.1, 0.15) is 5.75 Å². The predicted molar refractivity (Wildman–Crippen MR) is 106 cm³/mol. The molecule has 0 aliphatic heterocycles. The molecule has 0 aliphatic rings. The van der Waals surface area contributed by atoms with Gasteiger partial charge in [0.15, 0.2) is 0 Å². The maximum absolute atomic E-state index is 12.2. The number of carboxylic acids is 1. The first kappa shape index (κ1) is 19.2. The fourth-order valence-corrected chi connectivity index (χ4v) is 6.28. The van der Waals surface area contributed by atoms with Gasteiger partial charge in [0.25, 0.3) is 0 Å². The zero-order valence-corrected chi connectivity index (χ0v) is 17.9. The van der Waals surface area contributed by atoms with E-state index in [0.717, 1.165) is 22.1 Å². The van der Waals surface area contributed by atoms with E-state index in [1.807, 2.05) is 6.07 Å². The van der Waals surface area contributed by atoms with Gasteiger partial charge in [-0.15, -0.1) is 0 Å². The molecule has 1 aromatic carbocycles. The third-order valence-electron chi connectivity index (χ3n) is 2.80. The number of carbonyl (C=O) groups is 2. The molecule has 116 valence electrons. The fraction of sp³-hybridized carbons (Fsp3) is 0.385. The summed E-state index contributed by atoms with van der Waals surface area (Å²) in [5, 5.41) is 8.62. The summed E-state index contributed by atoms with van der Waals surface area (Å²) >= 11 is 6.55. The highest BCUT2D eigenvalue weighted by atomic mass is 127. The maximum Gasteiger partial charge on any atom is 0.303 e. The largest absolute Gasteiger partial charge is 0.494 e. The number of anilines is 1. The minimum Gasteiger partial charge on any atom is -0.494 e. The Morgan fingerprint density at radius 1 is 1.24 bits per heavy atom. The van der Waals surface area contributed by atoms with Crippen LogP contribution in [-0.2, 0) is 9.59 Å². The van der Waals surface area contributed by atoms with Crippen molar-refractivity contribution in [2.24, 2.45) is 0 Å². The first-order valence-corrected chi connectivity index (χ1v) is 9.23. The van der Waals surface area contributed by atoms with E-state index in [1.54, 1.807) is 19.1 Å². The Bertz CT molecular complexity index is 563. The molecule has 0 bridgehead atoms. The second-order valence-corrected chi connectivity index (χ2v) is 7.64. The van der Waals surface area contributed by atoms with Gasteiger partial charge in [-0.05, 0) is 80.3 Å². The molecule has 1 amide bonds. The number of carboxylic acid groups (broad SMARTS) is 1. The lowest BCUT2D eigenvalue weighted by molar-refractivity contribution is -0.137. The summed E-state index contributed by atoms with van der Waals surface area (Å²) in [6.45, 7) is 0. The summed E-state index contributed by atoms with van der Waals surface area (Å²) in [6.07, 6.45) is 0.556. The van der Waals surface area contributed by atoms with Crippen molar-refractivity contribution >= 4 is 85.3 Å². The molecule has 8 heteroatoms. The molecule has 21 heavy (non-hydrogen) atoms. The minimum absolute atomic E-state index is 0.00374. The van der Waals surface area contributed by atoms with Crippen molar-refractivity contribution in [1.29, 1.82) is 0 Å². The third-order valence-corrected chi connectivity index (χ3v) is 5.42. The summed E-state index contributed by atoms with van der Waals surface area (Å²) in [5.74, 6) is -0.238. The van der Waals surface area contributed by atoms with Crippen molar-refractivity contribution in [2.75, 3.05) is 19.1 Å². The lowest BCUT2D eigenvalue weighted by Gasteiger charge is -2.22. The molecule has 5 nitrogen and oxygen atoms in total. The van der Waals surface area contributed by atoms with Crippen LogP contribution >= 0.6 is 67.8 Å². The monoisotopic (exact) mass is 629 g/mol. The van der Waals surface area contributed by atoms with Gasteiger partial charge in [0, 0.05) is 23.5 Å². The van der Waals surface area contributed by atoms with Gasteiger partial charge in [-0.25, -0.2) is 0 Å². The van der Waals surface area contributed by atoms with E-state index in [4.69, 9.17) is 9.84 Å². The number of rotatable bonds is 6. The Kier molecular flexibility index (Phi) is 7.95. The number of nitrogens with zero attached hydrogens (tertiary/aromatic N) is 1. The minimum atomic E-state index is -0.884.